The predicted molar refractivity (Wildman–Crippen MR) is 74.6 cm³/mol. The lowest BCUT2D eigenvalue weighted by molar-refractivity contribution is 0.331. The molecular weight excluding hydrogens is 224 g/mol. The summed E-state index contributed by atoms with van der Waals surface area (Å²) in [5, 5.41) is 11.8. The van der Waals surface area contributed by atoms with E-state index in [0.717, 1.165) is 16.6 Å². The van der Waals surface area contributed by atoms with Gasteiger partial charge in [-0.3, -0.25) is 5.10 Å². The Bertz CT molecular complexity index is 525. The highest BCUT2D eigenvalue weighted by molar-refractivity contribution is 5.81. The van der Waals surface area contributed by atoms with Gasteiger partial charge >= 0.3 is 0 Å². The summed E-state index contributed by atoms with van der Waals surface area (Å²) < 4.78 is 0. The predicted octanol–water partition coefficient (Wildman–Crippen LogP) is 2.64. The Morgan fingerprint density at radius 3 is 2.89 bits per heavy atom. The van der Waals surface area contributed by atoms with Gasteiger partial charge in [0.1, 0.15) is 0 Å². The highest BCUT2D eigenvalue weighted by Gasteiger charge is 2.30. The molecule has 1 aliphatic rings. The Morgan fingerprint density at radius 1 is 1.28 bits per heavy atom. The van der Waals surface area contributed by atoms with Crippen LogP contribution in [0.2, 0.25) is 0 Å². The van der Waals surface area contributed by atoms with Crippen molar-refractivity contribution in [3.63, 3.8) is 0 Å². The van der Waals surface area contributed by atoms with Gasteiger partial charge < -0.3 is 11.1 Å². The zero-order valence-corrected chi connectivity index (χ0v) is 10.6. The summed E-state index contributed by atoms with van der Waals surface area (Å²) >= 11 is 0. The van der Waals surface area contributed by atoms with E-state index in [0.29, 0.717) is 6.54 Å². The molecule has 4 N–H and O–H groups in total. The molecule has 1 heterocycles. The first kappa shape index (κ1) is 11.5. The number of hydrogen-bond acceptors (Lipinski definition) is 3. The van der Waals surface area contributed by atoms with Gasteiger partial charge in [-0.15, -0.1) is 0 Å². The zero-order chi connectivity index (χ0) is 12.4. The summed E-state index contributed by atoms with van der Waals surface area (Å²) in [6.07, 6.45) is 8.09. The SMILES string of the molecule is NCC1(Nc2ccc3[nH]ncc3c2)CCCCC1. The number of nitrogens with two attached hydrogens (primary N) is 1. The first-order valence-electron chi connectivity index (χ1n) is 6.73. The summed E-state index contributed by atoms with van der Waals surface area (Å²) in [6.45, 7) is 0.705. The van der Waals surface area contributed by atoms with Crippen LogP contribution in [0, 0.1) is 0 Å². The average molecular weight is 244 g/mol. The van der Waals surface area contributed by atoms with Crippen LogP contribution in [0.3, 0.4) is 0 Å². The molecule has 1 aromatic carbocycles. The maximum atomic E-state index is 6.00. The van der Waals surface area contributed by atoms with Crippen molar-refractivity contribution in [2.45, 2.75) is 37.6 Å². The third kappa shape index (κ3) is 2.08. The molecule has 0 atom stereocenters. The Balaban J connectivity index is 1.85. The molecular formula is C14H20N4. The monoisotopic (exact) mass is 244 g/mol. The third-order valence-electron chi connectivity index (χ3n) is 4.05. The number of aromatic nitrogens is 2. The van der Waals surface area contributed by atoms with E-state index in [-0.39, 0.29) is 5.54 Å². The Kier molecular flexibility index (Phi) is 2.96. The minimum atomic E-state index is 0.0929. The number of aromatic amines is 1. The molecule has 1 aromatic heterocycles. The van der Waals surface area contributed by atoms with E-state index in [4.69, 9.17) is 5.73 Å². The number of benzene rings is 1. The third-order valence-corrected chi connectivity index (χ3v) is 4.05. The fraction of sp³-hybridized carbons (Fsp3) is 0.500. The standard InChI is InChI=1S/C14H20N4/c15-10-14(6-2-1-3-7-14)17-12-4-5-13-11(8-12)9-16-18-13/h4-5,8-9,17H,1-3,6-7,10,15H2,(H,16,18). The maximum Gasteiger partial charge on any atom is 0.0651 e. The molecule has 1 aliphatic carbocycles. The van der Waals surface area contributed by atoms with Gasteiger partial charge in [0, 0.05) is 23.2 Å². The highest BCUT2D eigenvalue weighted by Crippen LogP contribution is 2.31. The first-order valence-corrected chi connectivity index (χ1v) is 6.73. The molecule has 0 aliphatic heterocycles. The molecule has 3 rings (SSSR count). The zero-order valence-electron chi connectivity index (χ0n) is 10.6. The van der Waals surface area contributed by atoms with Crippen LogP contribution in [-0.4, -0.2) is 22.3 Å². The van der Waals surface area contributed by atoms with Crippen molar-refractivity contribution >= 4 is 16.6 Å². The second-order valence-corrected chi connectivity index (χ2v) is 5.34. The smallest absolute Gasteiger partial charge is 0.0651 e. The average Bonchev–Trinajstić information content (AvgIpc) is 2.87. The van der Waals surface area contributed by atoms with Gasteiger partial charge in [0.25, 0.3) is 0 Å². The summed E-state index contributed by atoms with van der Waals surface area (Å²) in [5.74, 6) is 0. The fourth-order valence-electron chi connectivity index (χ4n) is 2.94. The number of fused-ring (bicyclic) bond motifs is 1. The number of nitrogens with one attached hydrogen (secondary N) is 2. The molecule has 0 bridgehead atoms. The van der Waals surface area contributed by atoms with Crippen LogP contribution in [0.4, 0.5) is 5.69 Å². The van der Waals surface area contributed by atoms with E-state index in [1.807, 2.05) is 6.20 Å². The van der Waals surface area contributed by atoms with Gasteiger partial charge in [-0.05, 0) is 31.0 Å². The van der Waals surface area contributed by atoms with Crippen molar-refractivity contribution in [2.24, 2.45) is 5.73 Å². The topological polar surface area (TPSA) is 66.7 Å². The number of rotatable bonds is 3. The quantitative estimate of drug-likeness (QED) is 0.777. The normalized spacial score (nSPS) is 18.9. The molecule has 0 amide bonds. The van der Waals surface area contributed by atoms with Crippen molar-refractivity contribution in [2.75, 3.05) is 11.9 Å². The molecule has 2 aromatic rings. The lowest BCUT2D eigenvalue weighted by atomic mass is 9.81. The van der Waals surface area contributed by atoms with Crippen LogP contribution >= 0.6 is 0 Å². The number of nitrogens with zero attached hydrogens (tertiary/aromatic N) is 1. The highest BCUT2D eigenvalue weighted by atomic mass is 15.1. The van der Waals surface area contributed by atoms with Crippen molar-refractivity contribution in [3.05, 3.63) is 24.4 Å². The van der Waals surface area contributed by atoms with Crippen LogP contribution in [-0.2, 0) is 0 Å². The molecule has 0 saturated heterocycles. The maximum absolute atomic E-state index is 6.00. The van der Waals surface area contributed by atoms with Crippen molar-refractivity contribution in [1.82, 2.24) is 10.2 Å². The van der Waals surface area contributed by atoms with Gasteiger partial charge in [-0.2, -0.15) is 5.10 Å². The van der Waals surface area contributed by atoms with Crippen LogP contribution in [0.15, 0.2) is 24.4 Å². The molecule has 0 unspecified atom stereocenters. The molecule has 0 radical (unpaired) electrons. The molecule has 1 saturated carbocycles. The van der Waals surface area contributed by atoms with Crippen molar-refractivity contribution in [3.8, 4) is 0 Å². The van der Waals surface area contributed by atoms with E-state index in [2.05, 4.69) is 33.7 Å². The minimum absolute atomic E-state index is 0.0929. The van der Waals surface area contributed by atoms with Gasteiger partial charge in [-0.25, -0.2) is 0 Å². The van der Waals surface area contributed by atoms with E-state index in [1.54, 1.807) is 0 Å². The summed E-state index contributed by atoms with van der Waals surface area (Å²) in [4.78, 5) is 0. The molecule has 96 valence electrons. The molecule has 18 heavy (non-hydrogen) atoms. The Hall–Kier alpha value is -1.55. The first-order chi connectivity index (χ1) is 8.81. The second-order valence-electron chi connectivity index (χ2n) is 5.34. The molecule has 4 nitrogen and oxygen atoms in total. The fourth-order valence-corrected chi connectivity index (χ4v) is 2.94. The molecule has 4 heteroatoms. The van der Waals surface area contributed by atoms with Crippen LogP contribution in [0.25, 0.3) is 10.9 Å². The molecule has 1 fully saturated rings. The summed E-state index contributed by atoms with van der Waals surface area (Å²) in [7, 11) is 0. The van der Waals surface area contributed by atoms with Gasteiger partial charge in [-0.1, -0.05) is 19.3 Å². The van der Waals surface area contributed by atoms with E-state index in [1.165, 1.54) is 32.1 Å². The van der Waals surface area contributed by atoms with Crippen molar-refractivity contribution in [1.29, 1.82) is 0 Å². The lowest BCUT2D eigenvalue weighted by Crippen LogP contribution is -2.46. The van der Waals surface area contributed by atoms with Crippen LogP contribution < -0.4 is 11.1 Å². The van der Waals surface area contributed by atoms with E-state index < -0.39 is 0 Å². The molecule has 0 spiro atoms. The van der Waals surface area contributed by atoms with Gasteiger partial charge in [0.05, 0.1) is 11.7 Å². The number of H-pyrrole nitrogens is 1. The van der Waals surface area contributed by atoms with E-state index >= 15 is 0 Å². The Morgan fingerprint density at radius 2 is 2.11 bits per heavy atom. The van der Waals surface area contributed by atoms with E-state index in [9.17, 15) is 0 Å². The van der Waals surface area contributed by atoms with Crippen LogP contribution in [0.5, 0.6) is 0 Å². The van der Waals surface area contributed by atoms with Crippen LogP contribution in [0.1, 0.15) is 32.1 Å². The van der Waals surface area contributed by atoms with Crippen molar-refractivity contribution < 1.29 is 0 Å². The largest absolute Gasteiger partial charge is 0.378 e. The summed E-state index contributed by atoms with van der Waals surface area (Å²) in [5.41, 5.74) is 8.31. The lowest BCUT2D eigenvalue weighted by Gasteiger charge is -2.38. The number of hydrogen-bond donors (Lipinski definition) is 3. The van der Waals surface area contributed by atoms with Gasteiger partial charge in [0.2, 0.25) is 0 Å². The number of anilines is 1. The minimum Gasteiger partial charge on any atom is -0.378 e. The van der Waals surface area contributed by atoms with Gasteiger partial charge in [0.15, 0.2) is 0 Å². The Labute approximate surface area is 107 Å². The summed E-state index contributed by atoms with van der Waals surface area (Å²) in [6, 6.07) is 6.31. The second kappa shape index (κ2) is 4.61.